The molecule has 2 amide bonds. The van der Waals surface area contributed by atoms with Crippen molar-refractivity contribution >= 4 is 23.6 Å². The summed E-state index contributed by atoms with van der Waals surface area (Å²) in [5, 5.41) is 5.54. The van der Waals surface area contributed by atoms with Crippen molar-refractivity contribution in [2.45, 2.75) is 38.5 Å². The number of nitrogens with zero attached hydrogens (tertiary/aromatic N) is 2. The number of benzene rings is 1. The zero-order valence-electron chi connectivity index (χ0n) is 17.1. The van der Waals surface area contributed by atoms with Gasteiger partial charge in [0, 0.05) is 26.1 Å². The number of piperidine rings is 1. The summed E-state index contributed by atoms with van der Waals surface area (Å²) in [4.78, 5) is 47.2. The minimum Gasteiger partial charge on any atom is -0.355 e. The van der Waals surface area contributed by atoms with Crippen molar-refractivity contribution in [2.24, 2.45) is 5.92 Å². The highest BCUT2D eigenvalue weighted by Crippen LogP contribution is 2.30. The Bertz CT molecular complexity index is 980. The van der Waals surface area contributed by atoms with Crippen LogP contribution in [0.3, 0.4) is 0 Å². The van der Waals surface area contributed by atoms with Gasteiger partial charge in [-0.15, -0.1) is 0 Å². The molecular weight excluding hydrogens is 382 g/mol. The van der Waals surface area contributed by atoms with Gasteiger partial charge < -0.3 is 15.5 Å². The van der Waals surface area contributed by atoms with Gasteiger partial charge in [-0.3, -0.25) is 19.4 Å². The van der Waals surface area contributed by atoms with Crippen LogP contribution in [0.15, 0.2) is 35.1 Å². The van der Waals surface area contributed by atoms with E-state index < -0.39 is 5.92 Å². The molecule has 158 valence electrons. The van der Waals surface area contributed by atoms with Gasteiger partial charge in [0.05, 0.1) is 11.5 Å². The van der Waals surface area contributed by atoms with Crippen molar-refractivity contribution in [3.8, 4) is 0 Å². The maximum absolute atomic E-state index is 12.9. The number of nitrogens with one attached hydrogen (secondary N) is 3. The Hall–Kier alpha value is -3.16. The van der Waals surface area contributed by atoms with Crippen molar-refractivity contribution in [1.82, 2.24) is 15.3 Å². The maximum Gasteiger partial charge on any atom is 0.258 e. The molecule has 2 aliphatic rings. The summed E-state index contributed by atoms with van der Waals surface area (Å²) in [5.41, 5.74) is 0.984. The van der Waals surface area contributed by atoms with Gasteiger partial charge in [0.1, 0.15) is 5.82 Å². The monoisotopic (exact) mass is 409 g/mol. The van der Waals surface area contributed by atoms with E-state index in [0.29, 0.717) is 24.8 Å². The maximum atomic E-state index is 12.9. The predicted molar refractivity (Wildman–Crippen MR) is 115 cm³/mol. The third kappa shape index (κ3) is 4.37. The fraction of sp³-hybridized carbons (Fsp3) is 0.455. The predicted octanol–water partition coefficient (Wildman–Crippen LogP) is 1.79. The normalized spacial score (nSPS) is 19.2. The van der Waals surface area contributed by atoms with Gasteiger partial charge in [0.2, 0.25) is 17.8 Å². The number of hydrogen-bond acceptors (Lipinski definition) is 5. The highest BCUT2D eigenvalue weighted by atomic mass is 16.2. The number of H-pyrrole nitrogens is 1. The SMILES string of the molecule is CC1CCN(c2nc3c(c(=O)[nH]2)C(C(=O)NCCc2ccccc2)CC(=O)N3)CC1. The fourth-order valence-electron chi connectivity index (χ4n) is 4.05. The van der Waals surface area contributed by atoms with Crippen molar-refractivity contribution < 1.29 is 9.59 Å². The highest BCUT2D eigenvalue weighted by Gasteiger charge is 2.35. The third-order valence-electron chi connectivity index (χ3n) is 5.89. The summed E-state index contributed by atoms with van der Waals surface area (Å²) < 4.78 is 0. The molecule has 0 radical (unpaired) electrons. The van der Waals surface area contributed by atoms with Crippen molar-refractivity contribution in [3.05, 3.63) is 51.8 Å². The molecule has 8 heteroatoms. The summed E-state index contributed by atoms with van der Waals surface area (Å²) in [5.74, 6) is -0.163. The fourth-order valence-corrected chi connectivity index (χ4v) is 4.05. The minimum absolute atomic E-state index is 0.0600. The quantitative estimate of drug-likeness (QED) is 0.698. The number of anilines is 2. The van der Waals surface area contributed by atoms with Crippen molar-refractivity contribution in [3.63, 3.8) is 0 Å². The second-order valence-electron chi connectivity index (χ2n) is 8.15. The smallest absolute Gasteiger partial charge is 0.258 e. The average molecular weight is 409 g/mol. The highest BCUT2D eigenvalue weighted by molar-refractivity contribution is 6.00. The number of carbonyl (C=O) groups excluding carboxylic acids is 2. The van der Waals surface area contributed by atoms with Gasteiger partial charge in [0.15, 0.2) is 0 Å². The molecule has 3 N–H and O–H groups in total. The van der Waals surface area contributed by atoms with E-state index in [4.69, 9.17) is 0 Å². The molecule has 0 bridgehead atoms. The van der Waals surface area contributed by atoms with Gasteiger partial charge in [-0.05, 0) is 30.7 Å². The van der Waals surface area contributed by atoms with E-state index in [-0.39, 0.29) is 35.2 Å². The number of aromatic nitrogens is 2. The Morgan fingerprint density at radius 3 is 2.67 bits per heavy atom. The van der Waals surface area contributed by atoms with Gasteiger partial charge >= 0.3 is 0 Å². The molecule has 0 saturated carbocycles. The standard InChI is InChI=1S/C22H27N5O3/c1-14-8-11-27(12-9-14)22-25-19-18(21(30)26-22)16(13-17(28)24-19)20(29)23-10-7-15-5-3-2-4-6-15/h2-6,14,16H,7-13H2,1H3,(H,23,29)(H2,24,25,26,28,30). The van der Waals surface area contributed by atoms with E-state index in [0.717, 1.165) is 31.5 Å². The Kier molecular flexibility index (Phi) is 5.83. The van der Waals surface area contributed by atoms with Crippen LogP contribution in [0, 0.1) is 5.92 Å². The van der Waals surface area contributed by atoms with Crippen molar-refractivity contribution in [1.29, 1.82) is 0 Å². The van der Waals surface area contributed by atoms with Gasteiger partial charge in [-0.25, -0.2) is 0 Å². The second kappa shape index (κ2) is 8.69. The van der Waals surface area contributed by atoms with Crippen LogP contribution in [0.25, 0.3) is 0 Å². The van der Waals surface area contributed by atoms with Crippen LogP contribution in [-0.2, 0) is 16.0 Å². The number of fused-ring (bicyclic) bond motifs is 1. The van der Waals surface area contributed by atoms with E-state index in [2.05, 4.69) is 27.5 Å². The first-order valence-electron chi connectivity index (χ1n) is 10.5. The van der Waals surface area contributed by atoms with Crippen LogP contribution in [0.1, 0.15) is 43.2 Å². The molecule has 2 aliphatic heterocycles. The largest absolute Gasteiger partial charge is 0.355 e. The van der Waals surface area contributed by atoms with Crippen LogP contribution in [0.5, 0.6) is 0 Å². The molecule has 3 heterocycles. The summed E-state index contributed by atoms with van der Waals surface area (Å²) in [6.45, 7) is 4.26. The Morgan fingerprint density at radius 1 is 1.20 bits per heavy atom. The molecule has 30 heavy (non-hydrogen) atoms. The van der Waals surface area contributed by atoms with Crippen LogP contribution in [-0.4, -0.2) is 41.4 Å². The number of rotatable bonds is 5. The molecule has 0 aliphatic carbocycles. The molecule has 4 rings (SSSR count). The molecule has 1 fully saturated rings. The first-order chi connectivity index (χ1) is 14.5. The molecule has 8 nitrogen and oxygen atoms in total. The molecule has 1 unspecified atom stereocenters. The number of aromatic amines is 1. The van der Waals surface area contributed by atoms with E-state index in [1.807, 2.05) is 35.2 Å². The molecule has 0 spiro atoms. The Morgan fingerprint density at radius 2 is 1.93 bits per heavy atom. The van der Waals surface area contributed by atoms with Crippen LogP contribution in [0.2, 0.25) is 0 Å². The van der Waals surface area contributed by atoms with E-state index in [1.54, 1.807) is 0 Å². The number of carbonyl (C=O) groups is 2. The Balaban J connectivity index is 1.50. The molecule has 2 aromatic rings. The van der Waals surface area contributed by atoms with Gasteiger partial charge in [-0.2, -0.15) is 4.98 Å². The Labute approximate surface area is 175 Å². The first-order valence-corrected chi connectivity index (χ1v) is 10.5. The summed E-state index contributed by atoms with van der Waals surface area (Å²) in [6, 6.07) is 9.83. The lowest BCUT2D eigenvalue weighted by Crippen LogP contribution is -2.41. The lowest BCUT2D eigenvalue weighted by Gasteiger charge is -2.31. The topological polar surface area (TPSA) is 107 Å². The minimum atomic E-state index is -0.837. The molecule has 1 saturated heterocycles. The van der Waals surface area contributed by atoms with E-state index in [9.17, 15) is 14.4 Å². The molecule has 1 aromatic carbocycles. The second-order valence-corrected chi connectivity index (χ2v) is 8.15. The third-order valence-corrected chi connectivity index (χ3v) is 5.89. The van der Waals surface area contributed by atoms with E-state index >= 15 is 0 Å². The zero-order valence-corrected chi connectivity index (χ0v) is 17.1. The van der Waals surface area contributed by atoms with E-state index in [1.165, 1.54) is 0 Å². The average Bonchev–Trinajstić information content (AvgIpc) is 2.74. The molecule has 1 aromatic heterocycles. The van der Waals surface area contributed by atoms with Crippen LogP contribution < -0.4 is 21.1 Å². The van der Waals surface area contributed by atoms with Crippen molar-refractivity contribution in [2.75, 3.05) is 29.9 Å². The molecular formula is C22H27N5O3. The summed E-state index contributed by atoms with van der Waals surface area (Å²) >= 11 is 0. The van der Waals surface area contributed by atoms with Gasteiger partial charge in [0.25, 0.3) is 5.56 Å². The van der Waals surface area contributed by atoms with Crippen LogP contribution in [0.4, 0.5) is 11.8 Å². The summed E-state index contributed by atoms with van der Waals surface area (Å²) in [7, 11) is 0. The van der Waals surface area contributed by atoms with Gasteiger partial charge in [-0.1, -0.05) is 37.3 Å². The first kappa shape index (κ1) is 20.1. The zero-order chi connectivity index (χ0) is 21.1. The number of hydrogen-bond donors (Lipinski definition) is 3. The summed E-state index contributed by atoms with van der Waals surface area (Å²) in [6.07, 6.45) is 2.67. The molecule has 1 atom stereocenters. The number of amides is 2. The lowest BCUT2D eigenvalue weighted by atomic mass is 9.92. The lowest BCUT2D eigenvalue weighted by molar-refractivity contribution is -0.126. The van der Waals surface area contributed by atoms with Crippen LogP contribution >= 0.6 is 0 Å².